The maximum absolute atomic E-state index is 11.7. The molecule has 0 aromatic heterocycles. The van der Waals surface area contributed by atoms with Crippen LogP contribution in [0.2, 0.25) is 0 Å². The number of carbonyl (C=O) groups is 1. The zero-order chi connectivity index (χ0) is 11.3. The molecule has 0 spiro atoms. The number of hydrogen-bond acceptors (Lipinski definition) is 1. The van der Waals surface area contributed by atoms with Gasteiger partial charge in [0.25, 0.3) is 5.91 Å². The van der Waals surface area contributed by atoms with Crippen LogP contribution in [-0.2, 0) is 0 Å². The summed E-state index contributed by atoms with van der Waals surface area (Å²) in [7, 11) is 0. The van der Waals surface area contributed by atoms with Crippen molar-refractivity contribution < 1.29 is 4.79 Å². The molecule has 80 valence electrons. The SMILES string of the molecule is C=CCCNC(=O)c1cc(C)cc(Br)c1. The summed E-state index contributed by atoms with van der Waals surface area (Å²) in [5.74, 6) is -0.0405. The molecule has 0 saturated heterocycles. The second-order valence-corrected chi connectivity index (χ2v) is 4.27. The van der Waals surface area contributed by atoms with Gasteiger partial charge in [-0.05, 0) is 37.1 Å². The van der Waals surface area contributed by atoms with Crippen LogP contribution in [0.25, 0.3) is 0 Å². The van der Waals surface area contributed by atoms with Crippen LogP contribution < -0.4 is 5.32 Å². The van der Waals surface area contributed by atoms with Gasteiger partial charge in [-0.2, -0.15) is 0 Å². The number of rotatable bonds is 4. The van der Waals surface area contributed by atoms with E-state index in [1.165, 1.54) is 0 Å². The zero-order valence-corrected chi connectivity index (χ0v) is 10.3. The fraction of sp³-hybridized carbons (Fsp3) is 0.250. The van der Waals surface area contributed by atoms with Crippen LogP contribution in [0.15, 0.2) is 35.3 Å². The van der Waals surface area contributed by atoms with Crippen molar-refractivity contribution in [3.8, 4) is 0 Å². The van der Waals surface area contributed by atoms with Gasteiger partial charge >= 0.3 is 0 Å². The van der Waals surface area contributed by atoms with Gasteiger partial charge in [-0.25, -0.2) is 0 Å². The number of hydrogen-bond donors (Lipinski definition) is 1. The van der Waals surface area contributed by atoms with Crippen molar-refractivity contribution in [3.63, 3.8) is 0 Å². The van der Waals surface area contributed by atoms with Gasteiger partial charge in [0.15, 0.2) is 0 Å². The molecule has 0 radical (unpaired) electrons. The largest absolute Gasteiger partial charge is 0.352 e. The van der Waals surface area contributed by atoms with Gasteiger partial charge in [-0.3, -0.25) is 4.79 Å². The molecular weight excluding hydrogens is 254 g/mol. The molecule has 0 saturated carbocycles. The van der Waals surface area contributed by atoms with E-state index >= 15 is 0 Å². The highest BCUT2D eigenvalue weighted by Crippen LogP contribution is 2.15. The Labute approximate surface area is 98.5 Å². The van der Waals surface area contributed by atoms with E-state index in [2.05, 4.69) is 27.8 Å². The first kappa shape index (κ1) is 12.0. The normalized spacial score (nSPS) is 9.73. The van der Waals surface area contributed by atoms with Crippen LogP contribution in [-0.4, -0.2) is 12.5 Å². The summed E-state index contributed by atoms with van der Waals surface area (Å²) < 4.78 is 0.927. The molecule has 3 heteroatoms. The second kappa shape index (κ2) is 5.71. The van der Waals surface area contributed by atoms with Gasteiger partial charge in [0, 0.05) is 16.6 Å². The highest BCUT2D eigenvalue weighted by atomic mass is 79.9. The molecule has 0 aliphatic rings. The average Bonchev–Trinajstić information content (AvgIpc) is 2.16. The third-order valence-corrected chi connectivity index (χ3v) is 2.40. The molecule has 1 N–H and O–H groups in total. The van der Waals surface area contributed by atoms with Crippen molar-refractivity contribution in [3.05, 3.63) is 46.5 Å². The van der Waals surface area contributed by atoms with Crippen molar-refractivity contribution >= 4 is 21.8 Å². The smallest absolute Gasteiger partial charge is 0.251 e. The van der Waals surface area contributed by atoms with Crippen LogP contribution in [0, 0.1) is 6.92 Å². The Hall–Kier alpha value is -1.09. The van der Waals surface area contributed by atoms with Gasteiger partial charge in [-0.1, -0.05) is 22.0 Å². The Kier molecular flexibility index (Phi) is 4.56. The fourth-order valence-corrected chi connectivity index (χ4v) is 1.86. The molecule has 1 aromatic carbocycles. The molecule has 1 rings (SSSR count). The lowest BCUT2D eigenvalue weighted by molar-refractivity contribution is 0.0954. The van der Waals surface area contributed by atoms with E-state index in [1.54, 1.807) is 6.08 Å². The van der Waals surface area contributed by atoms with E-state index in [4.69, 9.17) is 0 Å². The minimum absolute atomic E-state index is 0.0405. The van der Waals surface area contributed by atoms with E-state index in [0.29, 0.717) is 12.1 Å². The monoisotopic (exact) mass is 267 g/mol. The lowest BCUT2D eigenvalue weighted by Gasteiger charge is -2.05. The Bertz CT molecular complexity index is 354. The zero-order valence-electron chi connectivity index (χ0n) is 8.72. The summed E-state index contributed by atoms with van der Waals surface area (Å²) in [6, 6.07) is 5.66. The Morgan fingerprint density at radius 3 is 2.87 bits per heavy atom. The molecule has 15 heavy (non-hydrogen) atoms. The number of nitrogens with one attached hydrogen (secondary N) is 1. The van der Waals surface area contributed by atoms with Gasteiger partial charge in [0.2, 0.25) is 0 Å². The van der Waals surface area contributed by atoms with Gasteiger partial charge in [-0.15, -0.1) is 6.58 Å². The first-order chi connectivity index (χ1) is 7.13. The summed E-state index contributed by atoms with van der Waals surface area (Å²) in [5.41, 5.74) is 1.75. The molecule has 2 nitrogen and oxygen atoms in total. The number of benzene rings is 1. The van der Waals surface area contributed by atoms with Crippen molar-refractivity contribution in [2.75, 3.05) is 6.54 Å². The maximum Gasteiger partial charge on any atom is 0.251 e. The average molecular weight is 268 g/mol. The Morgan fingerprint density at radius 2 is 2.27 bits per heavy atom. The fourth-order valence-electron chi connectivity index (χ4n) is 1.26. The summed E-state index contributed by atoms with van der Waals surface area (Å²) in [6.45, 7) is 6.20. The molecule has 0 aliphatic heterocycles. The lowest BCUT2D eigenvalue weighted by atomic mass is 10.1. The molecular formula is C12H14BrNO. The second-order valence-electron chi connectivity index (χ2n) is 3.35. The number of amides is 1. The van der Waals surface area contributed by atoms with Crippen LogP contribution in [0.1, 0.15) is 22.3 Å². The Morgan fingerprint density at radius 1 is 1.53 bits per heavy atom. The van der Waals surface area contributed by atoms with E-state index in [0.717, 1.165) is 16.5 Å². The quantitative estimate of drug-likeness (QED) is 0.660. The van der Waals surface area contributed by atoms with Gasteiger partial charge in [0.05, 0.1) is 0 Å². The summed E-state index contributed by atoms with van der Waals surface area (Å²) in [5, 5.41) is 2.82. The first-order valence-electron chi connectivity index (χ1n) is 4.80. The molecule has 0 atom stereocenters. The third kappa shape index (κ3) is 3.88. The van der Waals surface area contributed by atoms with E-state index in [1.807, 2.05) is 25.1 Å². The first-order valence-corrected chi connectivity index (χ1v) is 5.59. The predicted molar refractivity (Wildman–Crippen MR) is 66.0 cm³/mol. The molecule has 0 aliphatic carbocycles. The van der Waals surface area contributed by atoms with E-state index in [9.17, 15) is 4.79 Å². The van der Waals surface area contributed by atoms with Crippen LogP contribution in [0.5, 0.6) is 0 Å². The Balaban J connectivity index is 2.69. The summed E-state index contributed by atoms with van der Waals surface area (Å²) >= 11 is 3.37. The molecule has 0 bridgehead atoms. The van der Waals surface area contributed by atoms with Crippen molar-refractivity contribution in [1.29, 1.82) is 0 Å². The molecule has 1 amide bonds. The minimum Gasteiger partial charge on any atom is -0.352 e. The molecule has 0 unspecified atom stereocenters. The minimum atomic E-state index is -0.0405. The maximum atomic E-state index is 11.7. The molecule has 0 heterocycles. The molecule has 1 aromatic rings. The topological polar surface area (TPSA) is 29.1 Å². The number of carbonyl (C=O) groups excluding carboxylic acids is 1. The molecule has 0 fully saturated rings. The van der Waals surface area contributed by atoms with Crippen LogP contribution in [0.3, 0.4) is 0 Å². The van der Waals surface area contributed by atoms with E-state index in [-0.39, 0.29) is 5.91 Å². The van der Waals surface area contributed by atoms with Gasteiger partial charge < -0.3 is 5.32 Å². The lowest BCUT2D eigenvalue weighted by Crippen LogP contribution is -2.24. The van der Waals surface area contributed by atoms with Crippen LogP contribution >= 0.6 is 15.9 Å². The summed E-state index contributed by atoms with van der Waals surface area (Å²) in [6.07, 6.45) is 2.57. The van der Waals surface area contributed by atoms with Crippen molar-refractivity contribution in [1.82, 2.24) is 5.32 Å². The summed E-state index contributed by atoms with van der Waals surface area (Å²) in [4.78, 5) is 11.7. The third-order valence-electron chi connectivity index (χ3n) is 1.94. The highest BCUT2D eigenvalue weighted by Gasteiger charge is 2.05. The predicted octanol–water partition coefficient (Wildman–Crippen LogP) is 3.06. The van der Waals surface area contributed by atoms with Crippen molar-refractivity contribution in [2.24, 2.45) is 0 Å². The number of halogens is 1. The number of aryl methyl sites for hydroxylation is 1. The van der Waals surface area contributed by atoms with Crippen molar-refractivity contribution in [2.45, 2.75) is 13.3 Å². The highest BCUT2D eigenvalue weighted by molar-refractivity contribution is 9.10. The van der Waals surface area contributed by atoms with Crippen LogP contribution in [0.4, 0.5) is 0 Å². The standard InChI is InChI=1S/C12H14BrNO/c1-3-4-5-14-12(15)10-6-9(2)7-11(13)8-10/h3,6-8H,1,4-5H2,2H3,(H,14,15). The van der Waals surface area contributed by atoms with Gasteiger partial charge in [0.1, 0.15) is 0 Å². The van der Waals surface area contributed by atoms with E-state index < -0.39 is 0 Å².